The Hall–Kier alpha value is -2.96. The van der Waals surface area contributed by atoms with Gasteiger partial charge in [0, 0.05) is 28.2 Å². The number of ether oxygens (including phenoxy) is 1. The number of methoxy groups -OCH3 is 1. The lowest BCUT2D eigenvalue weighted by molar-refractivity contribution is -0.137. The highest BCUT2D eigenvalue weighted by molar-refractivity contribution is 5.94. The van der Waals surface area contributed by atoms with Crippen molar-refractivity contribution in [3.05, 3.63) is 59.3 Å². The number of nitrogens with one attached hydrogen (secondary N) is 2. The van der Waals surface area contributed by atoms with Crippen molar-refractivity contribution in [3.8, 4) is 5.75 Å². The third-order valence-corrected chi connectivity index (χ3v) is 5.22. The molecule has 1 aliphatic carbocycles. The lowest BCUT2D eigenvalue weighted by atomic mass is 9.85. The van der Waals surface area contributed by atoms with Crippen LogP contribution in [0, 0.1) is 5.92 Å². The summed E-state index contributed by atoms with van der Waals surface area (Å²) in [5, 5.41) is 3.66. The zero-order valence-electron chi connectivity index (χ0n) is 15.2. The van der Waals surface area contributed by atoms with Crippen molar-refractivity contribution in [3.63, 3.8) is 0 Å². The van der Waals surface area contributed by atoms with Crippen LogP contribution in [0.25, 0.3) is 10.9 Å². The largest absolute Gasteiger partial charge is 0.497 e. The van der Waals surface area contributed by atoms with Crippen LogP contribution in [-0.2, 0) is 23.8 Å². The second-order valence-electron chi connectivity index (χ2n) is 7.00. The number of aromatic amines is 1. The van der Waals surface area contributed by atoms with Crippen LogP contribution in [0.5, 0.6) is 5.75 Å². The van der Waals surface area contributed by atoms with Gasteiger partial charge in [-0.2, -0.15) is 13.2 Å². The van der Waals surface area contributed by atoms with Crippen LogP contribution in [0.3, 0.4) is 0 Å². The summed E-state index contributed by atoms with van der Waals surface area (Å²) in [6.07, 6.45) is -2.55. The van der Waals surface area contributed by atoms with E-state index in [9.17, 15) is 18.0 Å². The number of benzene rings is 2. The van der Waals surface area contributed by atoms with E-state index in [1.165, 1.54) is 12.1 Å². The van der Waals surface area contributed by atoms with Gasteiger partial charge in [-0.15, -0.1) is 0 Å². The lowest BCUT2D eigenvalue weighted by Crippen LogP contribution is -2.28. The Bertz CT molecular complexity index is 1040. The van der Waals surface area contributed by atoms with Crippen LogP contribution >= 0.6 is 0 Å². The molecule has 0 saturated carbocycles. The molecular formula is C21H19F3N2O2. The molecule has 28 heavy (non-hydrogen) atoms. The summed E-state index contributed by atoms with van der Waals surface area (Å²) >= 11 is 0. The minimum atomic E-state index is -4.44. The number of halogens is 3. The topological polar surface area (TPSA) is 54.1 Å². The number of carbonyl (C=O) groups is 1. The van der Waals surface area contributed by atoms with Gasteiger partial charge in [0.05, 0.1) is 12.7 Å². The van der Waals surface area contributed by atoms with Gasteiger partial charge in [-0.05, 0) is 61.2 Å². The first-order valence-corrected chi connectivity index (χ1v) is 9.01. The number of carbonyl (C=O) groups excluding carboxylic acids is 1. The number of H-pyrrole nitrogens is 1. The standard InChI is InChI=1S/C21H19F3N2O2/c1-28-15-6-8-19-17(11-15)16-9-12(5-7-18(16)26-19)20(27)25-14-4-2-3-13(10-14)21(22,23)24/h2-4,6,8,10-12,26H,5,7,9H2,1H3,(H,25,27). The summed E-state index contributed by atoms with van der Waals surface area (Å²) in [5.41, 5.74) is 2.55. The Morgan fingerprint density at radius 1 is 1.21 bits per heavy atom. The summed E-state index contributed by atoms with van der Waals surface area (Å²) in [7, 11) is 1.60. The normalized spacial score (nSPS) is 16.6. The molecule has 4 nitrogen and oxygen atoms in total. The summed E-state index contributed by atoms with van der Waals surface area (Å²) in [6.45, 7) is 0. The highest BCUT2D eigenvalue weighted by Gasteiger charge is 2.31. The van der Waals surface area contributed by atoms with Gasteiger partial charge in [-0.1, -0.05) is 6.07 Å². The van der Waals surface area contributed by atoms with Gasteiger partial charge in [-0.3, -0.25) is 4.79 Å². The van der Waals surface area contributed by atoms with Crippen molar-refractivity contribution in [2.45, 2.75) is 25.4 Å². The fraction of sp³-hybridized carbons (Fsp3) is 0.286. The Morgan fingerprint density at radius 2 is 2.04 bits per heavy atom. The van der Waals surface area contributed by atoms with Crippen molar-refractivity contribution in [1.29, 1.82) is 0 Å². The number of aryl methyl sites for hydroxylation is 1. The number of hydrogen-bond acceptors (Lipinski definition) is 2. The van der Waals surface area contributed by atoms with E-state index >= 15 is 0 Å². The van der Waals surface area contributed by atoms with E-state index in [1.807, 2.05) is 18.2 Å². The number of amides is 1. The van der Waals surface area contributed by atoms with Crippen LogP contribution < -0.4 is 10.1 Å². The SMILES string of the molecule is COc1ccc2[nH]c3c(c2c1)CC(C(=O)Nc1cccc(C(F)(F)F)c1)CC3. The van der Waals surface area contributed by atoms with Crippen molar-refractivity contribution in [1.82, 2.24) is 4.98 Å². The second kappa shape index (κ2) is 6.89. The molecule has 2 N–H and O–H groups in total. The first-order valence-electron chi connectivity index (χ1n) is 9.01. The molecule has 0 aliphatic heterocycles. The highest BCUT2D eigenvalue weighted by atomic mass is 19.4. The Labute approximate surface area is 159 Å². The molecular weight excluding hydrogens is 369 g/mol. The first kappa shape index (κ1) is 18.4. The molecule has 0 radical (unpaired) electrons. The molecule has 0 saturated heterocycles. The molecule has 146 valence electrons. The third kappa shape index (κ3) is 3.44. The van der Waals surface area contributed by atoms with Crippen molar-refractivity contribution in [2.75, 3.05) is 12.4 Å². The quantitative estimate of drug-likeness (QED) is 0.668. The van der Waals surface area contributed by atoms with Crippen molar-refractivity contribution >= 4 is 22.5 Å². The van der Waals surface area contributed by atoms with Gasteiger partial charge in [0.1, 0.15) is 5.75 Å². The molecule has 2 aromatic carbocycles. The Kier molecular flexibility index (Phi) is 4.53. The molecule has 1 atom stereocenters. The molecule has 3 aromatic rings. The predicted molar refractivity (Wildman–Crippen MR) is 100 cm³/mol. The number of hydrogen-bond donors (Lipinski definition) is 2. The molecule has 1 aromatic heterocycles. The van der Waals surface area contributed by atoms with Gasteiger partial charge in [0.15, 0.2) is 0 Å². The minimum Gasteiger partial charge on any atom is -0.497 e. The monoisotopic (exact) mass is 388 g/mol. The summed E-state index contributed by atoms with van der Waals surface area (Å²) in [4.78, 5) is 16.1. The average Bonchev–Trinajstić information content (AvgIpc) is 3.04. The van der Waals surface area contributed by atoms with Gasteiger partial charge in [0.25, 0.3) is 0 Å². The zero-order chi connectivity index (χ0) is 19.9. The van der Waals surface area contributed by atoms with Crippen molar-refractivity contribution in [2.24, 2.45) is 5.92 Å². The first-order chi connectivity index (χ1) is 13.3. The van der Waals surface area contributed by atoms with Crippen LogP contribution in [0.1, 0.15) is 23.2 Å². The molecule has 1 aliphatic rings. The number of aromatic nitrogens is 1. The third-order valence-electron chi connectivity index (χ3n) is 5.22. The van der Waals surface area contributed by atoms with Gasteiger partial charge < -0.3 is 15.0 Å². The molecule has 7 heteroatoms. The zero-order valence-corrected chi connectivity index (χ0v) is 15.2. The van der Waals surface area contributed by atoms with E-state index in [0.29, 0.717) is 19.3 Å². The maximum absolute atomic E-state index is 12.9. The maximum atomic E-state index is 12.9. The summed E-state index contributed by atoms with van der Waals surface area (Å²) in [5.74, 6) is 0.180. The fourth-order valence-corrected chi connectivity index (χ4v) is 3.76. The number of anilines is 1. The van der Waals surface area contributed by atoms with E-state index in [2.05, 4.69) is 10.3 Å². The van der Waals surface area contributed by atoms with E-state index < -0.39 is 11.7 Å². The maximum Gasteiger partial charge on any atom is 0.416 e. The van der Waals surface area contributed by atoms with E-state index in [0.717, 1.165) is 40.0 Å². The van der Waals surface area contributed by atoms with Gasteiger partial charge >= 0.3 is 6.18 Å². The van der Waals surface area contributed by atoms with E-state index in [1.54, 1.807) is 7.11 Å². The Morgan fingerprint density at radius 3 is 2.79 bits per heavy atom. The van der Waals surface area contributed by atoms with Gasteiger partial charge in [-0.25, -0.2) is 0 Å². The molecule has 0 fully saturated rings. The molecule has 1 heterocycles. The minimum absolute atomic E-state index is 0.159. The van der Waals surface area contributed by atoms with Crippen LogP contribution in [0.2, 0.25) is 0 Å². The van der Waals surface area contributed by atoms with Crippen LogP contribution in [-0.4, -0.2) is 18.0 Å². The molecule has 1 unspecified atom stereocenters. The van der Waals surface area contributed by atoms with Crippen molar-refractivity contribution < 1.29 is 22.7 Å². The summed E-state index contributed by atoms with van der Waals surface area (Å²) in [6, 6.07) is 10.5. The molecule has 0 spiro atoms. The van der Waals surface area contributed by atoms with Gasteiger partial charge in [0.2, 0.25) is 5.91 Å². The Balaban J connectivity index is 1.55. The summed E-state index contributed by atoms with van der Waals surface area (Å²) < 4.78 is 43.9. The average molecular weight is 388 g/mol. The number of fused-ring (bicyclic) bond motifs is 3. The molecule has 1 amide bonds. The lowest BCUT2D eigenvalue weighted by Gasteiger charge is -2.22. The number of rotatable bonds is 3. The number of alkyl halides is 3. The molecule has 4 rings (SSSR count). The fourth-order valence-electron chi connectivity index (χ4n) is 3.76. The van der Waals surface area contributed by atoms with Crippen LogP contribution in [0.4, 0.5) is 18.9 Å². The smallest absolute Gasteiger partial charge is 0.416 e. The predicted octanol–water partition coefficient (Wildman–Crippen LogP) is 4.94. The highest BCUT2D eigenvalue weighted by Crippen LogP contribution is 2.35. The van der Waals surface area contributed by atoms with Crippen LogP contribution in [0.15, 0.2) is 42.5 Å². The van der Waals surface area contributed by atoms with E-state index in [4.69, 9.17) is 4.74 Å². The molecule has 0 bridgehead atoms. The second-order valence-corrected chi connectivity index (χ2v) is 7.00. The van der Waals surface area contributed by atoms with E-state index in [-0.39, 0.29) is 17.5 Å².